The summed E-state index contributed by atoms with van der Waals surface area (Å²) in [5.74, 6) is -0.0920. The van der Waals surface area contributed by atoms with E-state index in [4.69, 9.17) is 14.5 Å². The van der Waals surface area contributed by atoms with E-state index in [9.17, 15) is 14.9 Å². The molecule has 1 fully saturated rings. The number of aromatic amines is 1. The van der Waals surface area contributed by atoms with Crippen LogP contribution in [0.5, 0.6) is 5.88 Å². The van der Waals surface area contributed by atoms with Crippen molar-refractivity contribution in [3.63, 3.8) is 0 Å². The van der Waals surface area contributed by atoms with Crippen LogP contribution in [0, 0.1) is 39.9 Å². The molecular weight excluding hydrogens is 528 g/mol. The van der Waals surface area contributed by atoms with Crippen molar-refractivity contribution in [3.05, 3.63) is 41.0 Å². The number of hydrogen-bond donors (Lipinski definition) is 1. The Kier molecular flexibility index (Phi) is 8.14. The van der Waals surface area contributed by atoms with E-state index in [1.54, 1.807) is 0 Å². The summed E-state index contributed by atoms with van der Waals surface area (Å²) in [6.45, 7) is 23.1. The molecule has 226 valence electrons. The molecule has 4 rings (SSSR count). The van der Waals surface area contributed by atoms with E-state index < -0.39 is 11.9 Å². The number of carbonyl (C=O) groups is 2. The molecule has 2 unspecified atom stereocenters. The zero-order valence-corrected chi connectivity index (χ0v) is 27.0. The molecule has 8 heteroatoms. The monoisotopic (exact) mass is 574 g/mol. The minimum absolute atomic E-state index is 0.00139. The van der Waals surface area contributed by atoms with Crippen LogP contribution in [0.25, 0.3) is 17.0 Å². The number of fused-ring (bicyclic) bond motifs is 1. The lowest BCUT2D eigenvalue weighted by Crippen LogP contribution is -2.49. The summed E-state index contributed by atoms with van der Waals surface area (Å²) in [5.41, 5.74) is 1.87. The van der Waals surface area contributed by atoms with E-state index in [-0.39, 0.29) is 56.8 Å². The number of carbonyl (C=O) groups excluding carboxylic acids is 2. The van der Waals surface area contributed by atoms with Crippen molar-refractivity contribution >= 4 is 17.6 Å². The Morgan fingerprint density at radius 1 is 0.976 bits per heavy atom. The normalized spacial score (nSPS) is 21.7. The van der Waals surface area contributed by atoms with Gasteiger partial charge in [0, 0.05) is 24.3 Å². The second-order valence-corrected chi connectivity index (χ2v) is 15.2. The van der Waals surface area contributed by atoms with E-state index in [1.807, 2.05) is 24.3 Å². The summed E-state index contributed by atoms with van der Waals surface area (Å²) in [6.07, 6.45) is 1.54. The van der Waals surface area contributed by atoms with Gasteiger partial charge in [0.2, 0.25) is 5.88 Å². The summed E-state index contributed by atoms with van der Waals surface area (Å²) in [5, 5.41) is 13.3. The maximum atomic E-state index is 14.2. The first-order valence-corrected chi connectivity index (χ1v) is 14.9. The first-order valence-electron chi connectivity index (χ1n) is 14.9. The van der Waals surface area contributed by atoms with Gasteiger partial charge in [0.15, 0.2) is 11.5 Å². The van der Waals surface area contributed by atoms with Crippen molar-refractivity contribution in [1.29, 1.82) is 5.26 Å². The highest BCUT2D eigenvalue weighted by Gasteiger charge is 2.48. The molecule has 2 atom stereocenters. The number of hydrogen-bond acceptors (Lipinski definition) is 6. The largest absolute Gasteiger partial charge is 0.458 e. The van der Waals surface area contributed by atoms with Gasteiger partial charge in [-0.1, -0.05) is 93.5 Å². The van der Waals surface area contributed by atoms with Crippen molar-refractivity contribution in [1.82, 2.24) is 14.6 Å². The molecule has 2 heterocycles. The molecule has 1 saturated carbocycles. The Morgan fingerprint density at radius 3 is 1.98 bits per heavy atom. The van der Waals surface area contributed by atoms with Gasteiger partial charge in [0.05, 0.1) is 0 Å². The van der Waals surface area contributed by atoms with E-state index in [2.05, 4.69) is 80.4 Å². The molecule has 0 saturated heterocycles. The highest BCUT2D eigenvalue weighted by Crippen LogP contribution is 2.50. The van der Waals surface area contributed by atoms with E-state index >= 15 is 0 Å². The third kappa shape index (κ3) is 6.11. The van der Waals surface area contributed by atoms with Crippen LogP contribution in [0.15, 0.2) is 24.3 Å². The molecule has 1 aliphatic carbocycles. The zero-order valence-electron chi connectivity index (χ0n) is 27.0. The van der Waals surface area contributed by atoms with Crippen LogP contribution < -0.4 is 4.74 Å². The maximum absolute atomic E-state index is 14.2. The molecule has 0 aliphatic heterocycles. The van der Waals surface area contributed by atoms with Crippen LogP contribution >= 0.6 is 0 Å². The average molecular weight is 575 g/mol. The van der Waals surface area contributed by atoms with E-state index in [0.717, 1.165) is 18.4 Å². The average Bonchev–Trinajstić information content (AvgIpc) is 3.40. The summed E-state index contributed by atoms with van der Waals surface area (Å²) < 4.78 is 13.3. The van der Waals surface area contributed by atoms with Gasteiger partial charge >= 0.3 is 11.9 Å². The number of aromatic nitrogens is 3. The number of benzene rings is 1. The molecule has 1 aliphatic rings. The molecule has 1 N–H and O–H groups in total. The van der Waals surface area contributed by atoms with Crippen LogP contribution in [-0.4, -0.2) is 32.6 Å². The van der Waals surface area contributed by atoms with E-state index in [0.29, 0.717) is 11.7 Å². The first kappa shape index (κ1) is 31.3. The molecule has 0 amide bonds. The zero-order chi connectivity index (χ0) is 31.4. The van der Waals surface area contributed by atoms with Crippen LogP contribution in [0.2, 0.25) is 0 Å². The number of nitrogens with one attached hydrogen (secondary N) is 1. The predicted molar refractivity (Wildman–Crippen MR) is 163 cm³/mol. The van der Waals surface area contributed by atoms with E-state index in [1.165, 1.54) is 17.0 Å². The quantitative estimate of drug-likeness (QED) is 0.320. The Hall–Kier alpha value is -3.60. The van der Waals surface area contributed by atoms with Crippen molar-refractivity contribution < 1.29 is 19.1 Å². The number of H-pyrrole nitrogens is 1. The van der Waals surface area contributed by atoms with Crippen LogP contribution in [0.1, 0.15) is 110 Å². The molecular formula is C34H46N4O4. The van der Waals surface area contributed by atoms with Crippen LogP contribution in [0.4, 0.5) is 0 Å². The summed E-state index contributed by atoms with van der Waals surface area (Å²) >= 11 is 0. The fraction of sp³-hybridized carbons (Fsp3) is 0.588. The van der Waals surface area contributed by atoms with Crippen LogP contribution in [-0.2, 0) is 14.9 Å². The molecule has 1 aromatic carbocycles. The number of esters is 2. The van der Waals surface area contributed by atoms with Gasteiger partial charge in [-0.2, -0.15) is 5.26 Å². The van der Waals surface area contributed by atoms with Gasteiger partial charge in [-0.15, -0.1) is 0 Å². The summed E-state index contributed by atoms with van der Waals surface area (Å²) in [6, 6.07) is 10.1. The van der Waals surface area contributed by atoms with Gasteiger partial charge < -0.3 is 9.47 Å². The highest BCUT2D eigenvalue weighted by molar-refractivity contribution is 6.01. The minimum atomic E-state index is -0.633. The summed E-state index contributed by atoms with van der Waals surface area (Å²) in [4.78, 5) is 31.0. The topological polar surface area (TPSA) is 109 Å². The molecule has 8 nitrogen and oxygen atoms in total. The Bertz CT molecular complexity index is 1490. The van der Waals surface area contributed by atoms with Gasteiger partial charge in [0.1, 0.15) is 23.3 Å². The third-order valence-corrected chi connectivity index (χ3v) is 8.69. The molecule has 3 aromatic rings. The fourth-order valence-corrected chi connectivity index (χ4v) is 6.32. The number of nitriles is 1. The standard InChI is InChI=1S/C34H46N4O4/c1-19-16-24(33(6,7)8)27(25(17-19)34(9,10)11)42-31(40)26-23(18-35)30(41-20(2)39)38-29(26)36-28(37-38)21-12-14-22(15-13-21)32(3,4)5/h12-15,19,24-25,27H,16-17H2,1-11H3,(H,36,37). The van der Waals surface area contributed by atoms with Crippen molar-refractivity contribution in [2.75, 3.05) is 0 Å². The smallest absolute Gasteiger partial charge is 0.343 e. The molecule has 0 radical (unpaired) electrons. The van der Waals surface area contributed by atoms with Gasteiger partial charge in [-0.05, 0) is 40.6 Å². The van der Waals surface area contributed by atoms with Crippen molar-refractivity contribution in [3.8, 4) is 23.3 Å². The molecule has 0 spiro atoms. The number of ether oxygens (including phenoxy) is 2. The van der Waals surface area contributed by atoms with Gasteiger partial charge in [0.25, 0.3) is 0 Å². The molecule has 42 heavy (non-hydrogen) atoms. The maximum Gasteiger partial charge on any atom is 0.343 e. The minimum Gasteiger partial charge on any atom is -0.458 e. The van der Waals surface area contributed by atoms with Crippen molar-refractivity contribution in [2.24, 2.45) is 28.6 Å². The van der Waals surface area contributed by atoms with Gasteiger partial charge in [-0.3, -0.25) is 9.89 Å². The lowest BCUT2D eigenvalue weighted by molar-refractivity contribution is -0.132. The lowest BCUT2D eigenvalue weighted by Gasteiger charge is -2.50. The van der Waals surface area contributed by atoms with Gasteiger partial charge in [-0.25, -0.2) is 14.3 Å². The summed E-state index contributed by atoms with van der Waals surface area (Å²) in [7, 11) is 0. The Morgan fingerprint density at radius 2 is 1.52 bits per heavy atom. The Labute approximate surface area is 249 Å². The number of nitrogens with zero attached hydrogens (tertiary/aromatic N) is 3. The van der Waals surface area contributed by atoms with Crippen LogP contribution in [0.3, 0.4) is 0 Å². The first-order chi connectivity index (χ1) is 19.3. The second kappa shape index (κ2) is 10.9. The molecule has 0 bridgehead atoms. The Balaban J connectivity index is 1.84. The predicted octanol–water partition coefficient (Wildman–Crippen LogP) is 7.70. The van der Waals surface area contributed by atoms with Crippen molar-refractivity contribution in [2.45, 2.75) is 101 Å². The lowest BCUT2D eigenvalue weighted by atomic mass is 9.59. The fourth-order valence-electron chi connectivity index (χ4n) is 6.32. The SMILES string of the molecule is CC(=O)Oc1c(C#N)c(C(=O)OC2C(C(C)(C)C)CC(C)CC2C(C)(C)C)c2nc(-c3ccc(C(C)(C)C)cc3)[nH]n12. The third-order valence-electron chi connectivity index (χ3n) is 8.69. The number of rotatable bonds is 4. The second-order valence-electron chi connectivity index (χ2n) is 15.2. The molecule has 2 aromatic heterocycles. The highest BCUT2D eigenvalue weighted by atomic mass is 16.6.